The van der Waals surface area contributed by atoms with Crippen molar-refractivity contribution in [1.82, 2.24) is 9.80 Å². The summed E-state index contributed by atoms with van der Waals surface area (Å²) in [4.78, 5) is 29.4. The van der Waals surface area contributed by atoms with Gasteiger partial charge in [0.25, 0.3) is 0 Å². The van der Waals surface area contributed by atoms with Crippen LogP contribution in [0.4, 0.5) is 0 Å². The number of nitrogens with zero attached hydrogens (tertiary/aromatic N) is 2. The normalized spacial score (nSPS) is 20.8. The predicted octanol–water partition coefficient (Wildman–Crippen LogP) is 3.43. The van der Waals surface area contributed by atoms with Gasteiger partial charge in [-0.1, -0.05) is 36.4 Å². The molecule has 0 unspecified atom stereocenters. The van der Waals surface area contributed by atoms with Gasteiger partial charge in [0, 0.05) is 37.3 Å². The molecule has 4 rings (SSSR count). The molecule has 0 saturated carbocycles. The summed E-state index contributed by atoms with van der Waals surface area (Å²) in [5, 5.41) is 0. The van der Waals surface area contributed by atoms with Crippen molar-refractivity contribution in [2.24, 2.45) is 5.92 Å². The van der Waals surface area contributed by atoms with Crippen LogP contribution in [-0.2, 0) is 20.9 Å². The fraction of sp³-hybridized carbons (Fsp3) is 0.462. The molecule has 0 aliphatic carbocycles. The number of esters is 1. The molecule has 2 aromatic rings. The number of methoxy groups -OCH3 is 1. The largest absolute Gasteiger partial charge is 0.496 e. The van der Waals surface area contributed by atoms with Crippen LogP contribution < -0.4 is 9.47 Å². The molecular formula is C26H32N2O5. The second kappa shape index (κ2) is 10.7. The average molecular weight is 453 g/mol. The Morgan fingerprint density at radius 1 is 1.09 bits per heavy atom. The van der Waals surface area contributed by atoms with Gasteiger partial charge < -0.3 is 19.1 Å². The molecule has 0 aromatic heterocycles. The van der Waals surface area contributed by atoms with E-state index in [1.165, 1.54) is 0 Å². The molecule has 2 aromatic carbocycles. The van der Waals surface area contributed by atoms with E-state index in [0.29, 0.717) is 32.8 Å². The third-order valence-corrected chi connectivity index (χ3v) is 6.30. The standard InChI is InChI=1S/C26H32N2O5/c1-3-32-26(30)20-10-8-14-28(16-20)25(29)18-27-15-19-9-4-6-12-22(19)33-24(17-27)21-11-5-7-13-23(21)31-2/h4-7,9,11-13,20,24H,3,8,10,14-18H2,1-2H3/t20-,24-/m1/s1. The number of carbonyl (C=O) groups excluding carboxylic acids is 2. The number of fused-ring (bicyclic) bond motifs is 1. The quantitative estimate of drug-likeness (QED) is 0.626. The van der Waals surface area contributed by atoms with Crippen molar-refractivity contribution < 1.29 is 23.8 Å². The van der Waals surface area contributed by atoms with Gasteiger partial charge in [-0.3, -0.25) is 14.5 Å². The lowest BCUT2D eigenvalue weighted by molar-refractivity contribution is -0.151. The summed E-state index contributed by atoms with van der Waals surface area (Å²) < 4.78 is 17.2. The number of amides is 1. The summed E-state index contributed by atoms with van der Waals surface area (Å²) in [6.45, 7) is 4.69. The van der Waals surface area contributed by atoms with E-state index in [0.717, 1.165) is 35.5 Å². The Morgan fingerprint density at radius 3 is 2.70 bits per heavy atom. The highest BCUT2D eigenvalue weighted by molar-refractivity contribution is 5.80. The van der Waals surface area contributed by atoms with E-state index in [9.17, 15) is 9.59 Å². The number of ether oxygens (including phenoxy) is 3. The number of piperidine rings is 1. The van der Waals surface area contributed by atoms with Crippen molar-refractivity contribution in [3.8, 4) is 11.5 Å². The number of benzene rings is 2. The van der Waals surface area contributed by atoms with Crippen molar-refractivity contribution in [3.63, 3.8) is 0 Å². The molecular weight excluding hydrogens is 420 g/mol. The molecule has 33 heavy (non-hydrogen) atoms. The van der Waals surface area contributed by atoms with Gasteiger partial charge >= 0.3 is 5.97 Å². The van der Waals surface area contributed by atoms with Crippen LogP contribution in [0.25, 0.3) is 0 Å². The fourth-order valence-electron chi connectivity index (χ4n) is 4.64. The molecule has 0 N–H and O–H groups in total. The Hall–Kier alpha value is -3.06. The van der Waals surface area contributed by atoms with Crippen LogP contribution in [0.1, 0.15) is 37.0 Å². The highest BCUT2D eigenvalue weighted by Crippen LogP contribution is 2.34. The summed E-state index contributed by atoms with van der Waals surface area (Å²) in [7, 11) is 1.65. The van der Waals surface area contributed by atoms with E-state index in [-0.39, 0.29) is 30.4 Å². The Labute approximate surface area is 195 Å². The molecule has 2 aliphatic heterocycles. The molecule has 7 heteroatoms. The summed E-state index contributed by atoms with van der Waals surface area (Å²) in [6.07, 6.45) is 1.31. The molecule has 176 valence electrons. The first kappa shape index (κ1) is 23.1. The zero-order valence-corrected chi connectivity index (χ0v) is 19.4. The maximum Gasteiger partial charge on any atom is 0.310 e. The number of rotatable bonds is 6. The third-order valence-electron chi connectivity index (χ3n) is 6.30. The van der Waals surface area contributed by atoms with Crippen LogP contribution in [0.2, 0.25) is 0 Å². The highest BCUT2D eigenvalue weighted by Gasteiger charge is 2.32. The third kappa shape index (κ3) is 5.47. The topological polar surface area (TPSA) is 68.3 Å². The van der Waals surface area contributed by atoms with Crippen molar-refractivity contribution in [2.45, 2.75) is 32.4 Å². The van der Waals surface area contributed by atoms with Gasteiger partial charge in [0.2, 0.25) is 5.91 Å². The summed E-state index contributed by atoms with van der Waals surface area (Å²) in [5.74, 6) is 1.17. The molecule has 1 fully saturated rings. The van der Waals surface area contributed by atoms with Crippen LogP contribution in [-0.4, -0.2) is 61.6 Å². The number of likely N-dealkylation sites (tertiary alicyclic amines) is 1. The number of hydrogen-bond acceptors (Lipinski definition) is 6. The SMILES string of the molecule is CCOC(=O)[C@@H]1CCCN(C(=O)CN2Cc3ccccc3O[C@@H](c3ccccc3OC)C2)C1. The summed E-state index contributed by atoms with van der Waals surface area (Å²) in [5.41, 5.74) is 2.00. The monoisotopic (exact) mass is 452 g/mol. The zero-order chi connectivity index (χ0) is 23.2. The molecule has 2 heterocycles. The van der Waals surface area contributed by atoms with Crippen molar-refractivity contribution in [3.05, 3.63) is 59.7 Å². The molecule has 7 nitrogen and oxygen atoms in total. The number of para-hydroxylation sites is 2. The van der Waals surface area contributed by atoms with Gasteiger partial charge in [0.15, 0.2) is 0 Å². The van der Waals surface area contributed by atoms with Crippen LogP contribution in [0.5, 0.6) is 11.5 Å². The Balaban J connectivity index is 1.51. The Bertz CT molecular complexity index is 979. The minimum Gasteiger partial charge on any atom is -0.496 e. The maximum atomic E-state index is 13.2. The highest BCUT2D eigenvalue weighted by atomic mass is 16.5. The van der Waals surface area contributed by atoms with E-state index in [4.69, 9.17) is 14.2 Å². The van der Waals surface area contributed by atoms with E-state index in [2.05, 4.69) is 4.90 Å². The fourth-order valence-corrected chi connectivity index (χ4v) is 4.64. The lowest BCUT2D eigenvalue weighted by Gasteiger charge is -2.33. The van der Waals surface area contributed by atoms with Gasteiger partial charge in [-0.25, -0.2) is 0 Å². The molecule has 1 saturated heterocycles. The van der Waals surface area contributed by atoms with Gasteiger partial charge in [-0.15, -0.1) is 0 Å². The van der Waals surface area contributed by atoms with E-state index < -0.39 is 0 Å². The maximum absolute atomic E-state index is 13.2. The number of hydrogen-bond donors (Lipinski definition) is 0. The average Bonchev–Trinajstić information content (AvgIpc) is 3.03. The summed E-state index contributed by atoms with van der Waals surface area (Å²) >= 11 is 0. The van der Waals surface area contributed by atoms with Gasteiger partial charge in [0.05, 0.1) is 26.2 Å². The zero-order valence-electron chi connectivity index (χ0n) is 19.4. The van der Waals surface area contributed by atoms with Crippen LogP contribution in [0.15, 0.2) is 48.5 Å². The predicted molar refractivity (Wildman–Crippen MR) is 124 cm³/mol. The second-order valence-corrected chi connectivity index (χ2v) is 8.56. The van der Waals surface area contributed by atoms with E-state index in [1.54, 1.807) is 18.9 Å². The smallest absolute Gasteiger partial charge is 0.310 e. The van der Waals surface area contributed by atoms with Crippen LogP contribution >= 0.6 is 0 Å². The Kier molecular flexibility index (Phi) is 7.50. The minimum absolute atomic E-state index is 0.0298. The molecule has 1 amide bonds. The number of carbonyl (C=O) groups is 2. The first-order valence-electron chi connectivity index (χ1n) is 11.6. The second-order valence-electron chi connectivity index (χ2n) is 8.56. The van der Waals surface area contributed by atoms with Gasteiger partial charge in [0.1, 0.15) is 17.6 Å². The first-order chi connectivity index (χ1) is 16.1. The van der Waals surface area contributed by atoms with Crippen molar-refractivity contribution >= 4 is 11.9 Å². The molecule has 2 atom stereocenters. The van der Waals surface area contributed by atoms with E-state index in [1.807, 2.05) is 48.5 Å². The molecule has 0 spiro atoms. The van der Waals surface area contributed by atoms with Gasteiger partial charge in [-0.05, 0) is 31.9 Å². The Morgan fingerprint density at radius 2 is 1.88 bits per heavy atom. The minimum atomic E-state index is -0.272. The molecule has 0 bridgehead atoms. The molecule has 0 radical (unpaired) electrons. The van der Waals surface area contributed by atoms with Crippen LogP contribution in [0, 0.1) is 5.92 Å². The van der Waals surface area contributed by atoms with Crippen LogP contribution in [0.3, 0.4) is 0 Å². The first-order valence-corrected chi connectivity index (χ1v) is 11.6. The van der Waals surface area contributed by atoms with Crippen molar-refractivity contribution in [1.29, 1.82) is 0 Å². The molecule has 2 aliphatic rings. The lowest BCUT2D eigenvalue weighted by atomic mass is 9.98. The lowest BCUT2D eigenvalue weighted by Crippen LogP contribution is -2.47. The van der Waals surface area contributed by atoms with Gasteiger partial charge in [-0.2, -0.15) is 0 Å². The summed E-state index contributed by atoms with van der Waals surface area (Å²) in [6, 6.07) is 15.8. The van der Waals surface area contributed by atoms with Crippen molar-refractivity contribution in [2.75, 3.05) is 39.9 Å². The van der Waals surface area contributed by atoms with E-state index >= 15 is 0 Å².